The van der Waals surface area contributed by atoms with Gasteiger partial charge in [-0.2, -0.15) is 8.78 Å². The normalized spacial score (nSPS) is 25.2. The van der Waals surface area contributed by atoms with Crippen molar-refractivity contribution in [2.75, 3.05) is 5.32 Å². The molecule has 0 bridgehead atoms. The summed E-state index contributed by atoms with van der Waals surface area (Å²) in [5.74, 6) is -3.04. The molecular weight excluding hydrogens is 296 g/mol. The van der Waals surface area contributed by atoms with E-state index in [9.17, 15) is 17.2 Å². The number of benzene rings is 1. The Morgan fingerprint density at radius 2 is 1.86 bits per heavy atom. The number of halogens is 2. The van der Waals surface area contributed by atoms with Crippen molar-refractivity contribution in [3.05, 3.63) is 24.3 Å². The van der Waals surface area contributed by atoms with E-state index in [4.69, 9.17) is 0 Å². The van der Waals surface area contributed by atoms with Crippen molar-refractivity contribution in [3.63, 3.8) is 0 Å². The van der Waals surface area contributed by atoms with Crippen LogP contribution in [0.15, 0.2) is 29.2 Å². The second kappa shape index (κ2) is 5.55. The van der Waals surface area contributed by atoms with Crippen LogP contribution in [0, 0.1) is 11.3 Å². The third-order valence-electron chi connectivity index (χ3n) is 4.10. The van der Waals surface area contributed by atoms with E-state index in [2.05, 4.69) is 26.1 Å². The summed E-state index contributed by atoms with van der Waals surface area (Å²) in [6.45, 7) is 6.41. The molecule has 0 radical (unpaired) electrons. The molecule has 0 amide bonds. The Morgan fingerprint density at radius 1 is 1.24 bits per heavy atom. The molecule has 0 saturated heterocycles. The van der Waals surface area contributed by atoms with Gasteiger partial charge in [-0.3, -0.25) is 0 Å². The Bertz CT molecular complexity index is 614. The summed E-state index contributed by atoms with van der Waals surface area (Å²) in [6.07, 6.45) is 1.91. The van der Waals surface area contributed by atoms with Gasteiger partial charge in [0.15, 0.2) is 0 Å². The molecule has 0 spiro atoms. The quantitative estimate of drug-likeness (QED) is 0.915. The van der Waals surface area contributed by atoms with Crippen LogP contribution in [-0.2, 0) is 9.84 Å². The van der Waals surface area contributed by atoms with Crippen LogP contribution >= 0.6 is 0 Å². The molecule has 21 heavy (non-hydrogen) atoms. The molecule has 2 unspecified atom stereocenters. The van der Waals surface area contributed by atoms with Crippen LogP contribution in [0.1, 0.15) is 33.6 Å². The number of hydrogen-bond acceptors (Lipinski definition) is 3. The molecule has 0 aliphatic heterocycles. The molecule has 2 atom stereocenters. The lowest BCUT2D eigenvalue weighted by molar-refractivity contribution is 0.235. The van der Waals surface area contributed by atoms with Gasteiger partial charge in [0.05, 0.1) is 10.6 Å². The molecule has 1 aliphatic rings. The first-order valence-electron chi connectivity index (χ1n) is 7.01. The first-order chi connectivity index (χ1) is 9.63. The highest BCUT2D eigenvalue weighted by Gasteiger charge is 2.37. The van der Waals surface area contributed by atoms with Crippen LogP contribution < -0.4 is 5.32 Å². The maximum Gasteiger partial charge on any atom is 0.341 e. The molecule has 6 heteroatoms. The number of alkyl halides is 2. The minimum Gasteiger partial charge on any atom is -0.381 e. The molecule has 1 saturated carbocycles. The molecule has 0 heterocycles. The lowest BCUT2D eigenvalue weighted by atomic mass is 9.91. The number of para-hydroxylation sites is 1. The maximum atomic E-state index is 12.8. The molecule has 1 N–H and O–H groups in total. The second-order valence-electron chi connectivity index (χ2n) is 6.60. The molecule has 1 aliphatic carbocycles. The van der Waals surface area contributed by atoms with Gasteiger partial charge in [-0.1, -0.05) is 32.9 Å². The monoisotopic (exact) mass is 317 g/mol. The maximum absolute atomic E-state index is 12.8. The van der Waals surface area contributed by atoms with Gasteiger partial charge in [0.1, 0.15) is 0 Å². The molecule has 0 aromatic heterocycles. The molecule has 1 fully saturated rings. The van der Waals surface area contributed by atoms with E-state index in [1.165, 1.54) is 12.1 Å². The summed E-state index contributed by atoms with van der Waals surface area (Å²) in [7, 11) is -4.59. The Morgan fingerprint density at radius 3 is 2.38 bits per heavy atom. The third-order valence-corrected chi connectivity index (χ3v) is 5.54. The van der Waals surface area contributed by atoms with Gasteiger partial charge >= 0.3 is 5.76 Å². The summed E-state index contributed by atoms with van der Waals surface area (Å²) < 4.78 is 49.0. The van der Waals surface area contributed by atoms with E-state index in [0.717, 1.165) is 12.8 Å². The standard InChI is InChI=1S/C15H21F2NO2S/c1-10-8-15(2,3)9-12(10)18-11-6-4-5-7-13(11)21(19,20)14(16)17/h4-7,10,12,14,18H,8-9H2,1-3H3. The number of sulfone groups is 1. The predicted octanol–water partition coefficient (Wildman–Crippen LogP) is 3.92. The summed E-state index contributed by atoms with van der Waals surface area (Å²) >= 11 is 0. The Kier molecular flexibility index (Phi) is 4.29. The summed E-state index contributed by atoms with van der Waals surface area (Å²) in [5.41, 5.74) is 0.445. The van der Waals surface area contributed by atoms with Crippen molar-refractivity contribution in [1.29, 1.82) is 0 Å². The SMILES string of the molecule is CC1CC(C)(C)CC1Nc1ccccc1S(=O)(=O)C(F)F. The first kappa shape index (κ1) is 16.2. The minimum atomic E-state index is -4.59. The second-order valence-corrected chi connectivity index (χ2v) is 8.49. The fraction of sp³-hybridized carbons (Fsp3) is 0.600. The van der Waals surface area contributed by atoms with Crippen LogP contribution in [0.3, 0.4) is 0 Å². The van der Waals surface area contributed by atoms with Crippen molar-refractivity contribution in [1.82, 2.24) is 0 Å². The fourth-order valence-corrected chi connectivity index (χ4v) is 4.11. The van der Waals surface area contributed by atoms with Gasteiger partial charge in [0.25, 0.3) is 0 Å². The molecule has 1 aromatic carbocycles. The Balaban J connectivity index is 2.31. The highest BCUT2D eigenvalue weighted by atomic mass is 32.2. The average Bonchev–Trinajstić information content (AvgIpc) is 2.62. The molecule has 1 aromatic rings. The first-order valence-corrected chi connectivity index (χ1v) is 8.56. The molecular formula is C15H21F2NO2S. The molecule has 3 nitrogen and oxygen atoms in total. The zero-order chi connectivity index (χ0) is 15.8. The van der Waals surface area contributed by atoms with Crippen molar-refractivity contribution in [3.8, 4) is 0 Å². The van der Waals surface area contributed by atoms with Gasteiger partial charge in [-0.25, -0.2) is 8.42 Å². The van der Waals surface area contributed by atoms with Gasteiger partial charge in [0, 0.05) is 6.04 Å². The van der Waals surface area contributed by atoms with Crippen LogP contribution in [0.2, 0.25) is 0 Å². The summed E-state index contributed by atoms with van der Waals surface area (Å²) in [4.78, 5) is -0.322. The van der Waals surface area contributed by atoms with Gasteiger partial charge < -0.3 is 5.32 Å². The van der Waals surface area contributed by atoms with Gasteiger partial charge in [-0.15, -0.1) is 0 Å². The lowest BCUT2D eigenvalue weighted by Gasteiger charge is -2.21. The number of rotatable bonds is 4. The lowest BCUT2D eigenvalue weighted by Crippen LogP contribution is -2.24. The van der Waals surface area contributed by atoms with E-state index in [1.54, 1.807) is 12.1 Å². The minimum absolute atomic E-state index is 0.0917. The third kappa shape index (κ3) is 3.36. The van der Waals surface area contributed by atoms with Crippen molar-refractivity contribution >= 4 is 15.5 Å². The zero-order valence-corrected chi connectivity index (χ0v) is 13.3. The number of anilines is 1. The number of nitrogens with one attached hydrogen (secondary N) is 1. The highest BCUT2D eigenvalue weighted by molar-refractivity contribution is 7.91. The van der Waals surface area contributed by atoms with E-state index < -0.39 is 15.6 Å². The topological polar surface area (TPSA) is 46.2 Å². The van der Waals surface area contributed by atoms with Crippen LogP contribution in [0.4, 0.5) is 14.5 Å². The van der Waals surface area contributed by atoms with Crippen LogP contribution in [-0.4, -0.2) is 20.2 Å². The predicted molar refractivity (Wildman–Crippen MR) is 79.2 cm³/mol. The zero-order valence-electron chi connectivity index (χ0n) is 12.4. The van der Waals surface area contributed by atoms with Crippen molar-refractivity contribution in [2.45, 2.75) is 50.3 Å². The van der Waals surface area contributed by atoms with E-state index in [0.29, 0.717) is 5.92 Å². The van der Waals surface area contributed by atoms with Crippen LogP contribution in [0.5, 0.6) is 0 Å². The summed E-state index contributed by atoms with van der Waals surface area (Å²) in [6, 6.07) is 5.98. The Hall–Kier alpha value is -1.17. The van der Waals surface area contributed by atoms with E-state index >= 15 is 0 Å². The fourth-order valence-electron chi connectivity index (χ4n) is 3.22. The highest BCUT2D eigenvalue weighted by Crippen LogP contribution is 2.42. The Labute approximate surface area is 124 Å². The van der Waals surface area contributed by atoms with Crippen LogP contribution in [0.25, 0.3) is 0 Å². The van der Waals surface area contributed by atoms with Crippen molar-refractivity contribution < 1.29 is 17.2 Å². The van der Waals surface area contributed by atoms with E-state index in [-0.39, 0.29) is 22.0 Å². The van der Waals surface area contributed by atoms with Gasteiger partial charge in [-0.05, 0) is 36.3 Å². The number of hydrogen-bond donors (Lipinski definition) is 1. The smallest absolute Gasteiger partial charge is 0.341 e. The van der Waals surface area contributed by atoms with E-state index in [1.807, 2.05) is 0 Å². The molecule has 2 rings (SSSR count). The largest absolute Gasteiger partial charge is 0.381 e. The van der Waals surface area contributed by atoms with Crippen molar-refractivity contribution in [2.24, 2.45) is 11.3 Å². The van der Waals surface area contributed by atoms with Gasteiger partial charge in [0.2, 0.25) is 9.84 Å². The average molecular weight is 317 g/mol. The summed E-state index contributed by atoms with van der Waals surface area (Å²) in [5, 5.41) is 3.16. The molecule has 118 valence electrons.